The molecule has 0 aliphatic rings. The molecule has 0 bridgehead atoms. The smallest absolute Gasteiger partial charge is 0.269 e. The van der Waals surface area contributed by atoms with Crippen LogP contribution in [0.1, 0.15) is 48.8 Å². The molecule has 2 aromatic rings. The number of nitrogens with two attached hydrogens (primary N) is 1. The molecule has 2 rings (SSSR count). The van der Waals surface area contributed by atoms with Crippen molar-refractivity contribution < 1.29 is 4.79 Å². The van der Waals surface area contributed by atoms with E-state index in [0.29, 0.717) is 6.04 Å². The Morgan fingerprint density at radius 3 is 2.81 bits per heavy atom. The highest BCUT2D eigenvalue weighted by molar-refractivity contribution is 5.90. The minimum atomic E-state index is -0.513. The molecule has 3 N–H and O–H groups in total. The van der Waals surface area contributed by atoms with Crippen LogP contribution in [-0.2, 0) is 0 Å². The van der Waals surface area contributed by atoms with E-state index in [2.05, 4.69) is 36.4 Å². The van der Waals surface area contributed by atoms with E-state index in [1.54, 1.807) is 16.9 Å². The average Bonchev–Trinajstić information content (AvgIpc) is 2.98. The Hall–Kier alpha value is -2.14. The number of benzene rings is 1. The second-order valence-corrected chi connectivity index (χ2v) is 5.02. The van der Waals surface area contributed by atoms with Gasteiger partial charge in [-0.25, -0.2) is 4.68 Å². The number of primary amides is 1. The molecule has 1 heterocycles. The molecule has 0 saturated heterocycles. The standard InChI is InChI=1S/C16H22N4O/c1-3-9-18-14(4-2)12-6-5-7-13(11-12)20-10-8-15(19-20)16(17)21/h5-8,10-11,14,18H,3-4,9H2,1-2H3,(H2,17,21). The highest BCUT2D eigenvalue weighted by atomic mass is 16.1. The zero-order chi connectivity index (χ0) is 15.2. The van der Waals surface area contributed by atoms with E-state index >= 15 is 0 Å². The highest BCUT2D eigenvalue weighted by Gasteiger charge is 2.10. The van der Waals surface area contributed by atoms with Crippen LogP contribution >= 0.6 is 0 Å². The van der Waals surface area contributed by atoms with Crippen LogP contribution in [0.15, 0.2) is 36.5 Å². The van der Waals surface area contributed by atoms with E-state index in [-0.39, 0.29) is 5.69 Å². The predicted octanol–water partition coefficient (Wildman–Crippen LogP) is 2.42. The zero-order valence-electron chi connectivity index (χ0n) is 12.5. The molecule has 0 radical (unpaired) electrons. The number of amides is 1. The summed E-state index contributed by atoms with van der Waals surface area (Å²) in [6, 6.07) is 10.1. The van der Waals surface area contributed by atoms with Crippen molar-refractivity contribution in [3.63, 3.8) is 0 Å². The van der Waals surface area contributed by atoms with E-state index < -0.39 is 5.91 Å². The number of carbonyl (C=O) groups is 1. The van der Waals surface area contributed by atoms with Gasteiger partial charge < -0.3 is 11.1 Å². The van der Waals surface area contributed by atoms with Crippen LogP contribution in [0.5, 0.6) is 0 Å². The molecule has 0 fully saturated rings. The maximum Gasteiger partial charge on any atom is 0.269 e. The van der Waals surface area contributed by atoms with Gasteiger partial charge >= 0.3 is 0 Å². The Morgan fingerprint density at radius 2 is 2.19 bits per heavy atom. The molecular weight excluding hydrogens is 264 g/mol. The maximum absolute atomic E-state index is 11.1. The minimum absolute atomic E-state index is 0.275. The fraction of sp³-hybridized carbons (Fsp3) is 0.375. The second kappa shape index (κ2) is 7.04. The van der Waals surface area contributed by atoms with Crippen molar-refractivity contribution in [2.45, 2.75) is 32.7 Å². The SMILES string of the molecule is CCCNC(CC)c1cccc(-n2ccc(C(N)=O)n2)c1. The van der Waals surface area contributed by atoms with Gasteiger partial charge in [0.15, 0.2) is 0 Å². The van der Waals surface area contributed by atoms with E-state index in [1.165, 1.54) is 5.56 Å². The van der Waals surface area contributed by atoms with Gasteiger partial charge in [0.1, 0.15) is 5.69 Å². The summed E-state index contributed by atoms with van der Waals surface area (Å²) in [5.74, 6) is -0.513. The minimum Gasteiger partial charge on any atom is -0.364 e. The third-order valence-electron chi connectivity index (χ3n) is 3.43. The van der Waals surface area contributed by atoms with Crippen molar-refractivity contribution >= 4 is 5.91 Å². The van der Waals surface area contributed by atoms with Crippen molar-refractivity contribution in [2.75, 3.05) is 6.54 Å². The second-order valence-electron chi connectivity index (χ2n) is 5.02. The van der Waals surface area contributed by atoms with Crippen molar-refractivity contribution in [3.8, 4) is 5.69 Å². The van der Waals surface area contributed by atoms with Gasteiger partial charge in [0.2, 0.25) is 0 Å². The summed E-state index contributed by atoms with van der Waals surface area (Å²) >= 11 is 0. The molecule has 1 aromatic heterocycles. The topological polar surface area (TPSA) is 72.9 Å². The van der Waals surface area contributed by atoms with Gasteiger partial charge in [-0.2, -0.15) is 5.10 Å². The molecule has 0 aliphatic carbocycles. The Balaban J connectivity index is 2.25. The quantitative estimate of drug-likeness (QED) is 0.821. The van der Waals surface area contributed by atoms with Gasteiger partial charge in [0, 0.05) is 12.2 Å². The molecule has 1 unspecified atom stereocenters. The van der Waals surface area contributed by atoms with Crippen LogP contribution in [0.3, 0.4) is 0 Å². The summed E-state index contributed by atoms with van der Waals surface area (Å²) in [5, 5.41) is 7.72. The first-order valence-corrected chi connectivity index (χ1v) is 7.34. The number of aromatic nitrogens is 2. The van der Waals surface area contributed by atoms with Gasteiger partial charge in [-0.1, -0.05) is 26.0 Å². The highest BCUT2D eigenvalue weighted by Crippen LogP contribution is 2.19. The summed E-state index contributed by atoms with van der Waals surface area (Å²) in [4.78, 5) is 11.1. The lowest BCUT2D eigenvalue weighted by Crippen LogP contribution is -2.21. The van der Waals surface area contributed by atoms with Crippen LogP contribution in [0.2, 0.25) is 0 Å². The van der Waals surface area contributed by atoms with Crippen LogP contribution in [0.25, 0.3) is 5.69 Å². The number of hydrogen-bond acceptors (Lipinski definition) is 3. The lowest BCUT2D eigenvalue weighted by molar-refractivity contribution is 0.0995. The first-order valence-electron chi connectivity index (χ1n) is 7.34. The van der Waals surface area contributed by atoms with Crippen molar-refractivity contribution in [3.05, 3.63) is 47.8 Å². The third-order valence-corrected chi connectivity index (χ3v) is 3.43. The molecule has 1 amide bonds. The van der Waals surface area contributed by atoms with Crippen LogP contribution < -0.4 is 11.1 Å². The van der Waals surface area contributed by atoms with Gasteiger partial charge in [-0.15, -0.1) is 0 Å². The van der Waals surface area contributed by atoms with Crippen molar-refractivity contribution in [1.29, 1.82) is 0 Å². The number of rotatable bonds is 7. The van der Waals surface area contributed by atoms with E-state index in [1.807, 2.05) is 12.1 Å². The van der Waals surface area contributed by atoms with Gasteiger partial charge in [-0.3, -0.25) is 4.79 Å². The number of nitrogens with one attached hydrogen (secondary N) is 1. The first-order chi connectivity index (χ1) is 10.2. The van der Waals surface area contributed by atoms with Crippen LogP contribution in [0.4, 0.5) is 0 Å². The van der Waals surface area contributed by atoms with E-state index in [4.69, 9.17) is 5.73 Å². The summed E-state index contributed by atoms with van der Waals surface area (Å²) in [6.45, 7) is 5.32. The summed E-state index contributed by atoms with van der Waals surface area (Å²) in [6.07, 6.45) is 3.88. The molecule has 0 aliphatic heterocycles. The lowest BCUT2D eigenvalue weighted by Gasteiger charge is -2.17. The largest absolute Gasteiger partial charge is 0.364 e. The average molecular weight is 286 g/mol. The molecule has 5 heteroatoms. The number of nitrogens with zero attached hydrogens (tertiary/aromatic N) is 2. The first kappa shape index (κ1) is 15.3. The Morgan fingerprint density at radius 1 is 1.38 bits per heavy atom. The van der Waals surface area contributed by atoms with Gasteiger partial charge in [-0.05, 0) is 43.1 Å². The number of hydrogen-bond donors (Lipinski definition) is 2. The maximum atomic E-state index is 11.1. The molecule has 112 valence electrons. The summed E-state index contributed by atoms with van der Waals surface area (Å²) in [7, 11) is 0. The Bertz CT molecular complexity index is 606. The zero-order valence-corrected chi connectivity index (χ0v) is 12.5. The normalized spacial score (nSPS) is 12.3. The summed E-state index contributed by atoms with van der Waals surface area (Å²) in [5.41, 5.74) is 7.66. The molecular formula is C16H22N4O. The molecule has 21 heavy (non-hydrogen) atoms. The van der Waals surface area contributed by atoms with Crippen LogP contribution in [-0.4, -0.2) is 22.2 Å². The van der Waals surface area contributed by atoms with Gasteiger partial charge in [0.25, 0.3) is 5.91 Å². The Labute approximate surface area is 125 Å². The number of carbonyl (C=O) groups excluding carboxylic acids is 1. The molecule has 1 aromatic carbocycles. The third kappa shape index (κ3) is 3.70. The summed E-state index contributed by atoms with van der Waals surface area (Å²) < 4.78 is 1.68. The predicted molar refractivity (Wildman–Crippen MR) is 83.4 cm³/mol. The van der Waals surface area contributed by atoms with E-state index in [9.17, 15) is 4.79 Å². The molecule has 1 atom stereocenters. The van der Waals surface area contributed by atoms with Crippen molar-refractivity contribution in [2.24, 2.45) is 5.73 Å². The molecule has 5 nitrogen and oxygen atoms in total. The fourth-order valence-corrected chi connectivity index (χ4v) is 2.30. The van der Waals surface area contributed by atoms with Crippen molar-refractivity contribution in [1.82, 2.24) is 15.1 Å². The van der Waals surface area contributed by atoms with E-state index in [0.717, 1.165) is 25.1 Å². The Kier molecular flexibility index (Phi) is 5.11. The monoisotopic (exact) mass is 286 g/mol. The lowest BCUT2D eigenvalue weighted by atomic mass is 10.0. The van der Waals surface area contributed by atoms with Gasteiger partial charge in [0.05, 0.1) is 5.69 Å². The molecule has 0 saturated carbocycles. The van der Waals surface area contributed by atoms with Crippen LogP contribution in [0, 0.1) is 0 Å². The molecule has 0 spiro atoms. The fourth-order valence-electron chi connectivity index (χ4n) is 2.30.